The number of anilines is 4. The van der Waals surface area contributed by atoms with Crippen molar-refractivity contribution in [2.24, 2.45) is 0 Å². The Balaban J connectivity index is 1.33. The van der Waals surface area contributed by atoms with Gasteiger partial charge in [0.25, 0.3) is 10.0 Å². The topological polar surface area (TPSA) is 156 Å². The second-order valence-electron chi connectivity index (χ2n) is 7.83. The highest BCUT2D eigenvalue weighted by atomic mass is 32.2. The van der Waals surface area contributed by atoms with Gasteiger partial charge in [0.2, 0.25) is 9.90 Å². The zero-order valence-electron chi connectivity index (χ0n) is 18.9. The number of H-pyrrole nitrogens is 1. The van der Waals surface area contributed by atoms with Crippen LogP contribution in [-0.2, 0) is 10.0 Å². The lowest BCUT2D eigenvalue weighted by molar-refractivity contribution is 0.601. The highest BCUT2D eigenvalue weighted by Crippen LogP contribution is 2.36. The van der Waals surface area contributed by atoms with Crippen molar-refractivity contribution in [2.45, 2.75) is 4.90 Å². The fourth-order valence-electron chi connectivity index (χ4n) is 3.75. The van der Waals surface area contributed by atoms with E-state index in [1.165, 1.54) is 41.0 Å². The number of nitrogens with one attached hydrogen (secondary N) is 3. The minimum absolute atomic E-state index is 0.0352. The quantitative estimate of drug-likeness (QED) is 0.183. The van der Waals surface area contributed by atoms with Gasteiger partial charge in [0.1, 0.15) is 10.6 Å². The van der Waals surface area contributed by atoms with Crippen LogP contribution in [0.4, 0.5) is 22.5 Å². The summed E-state index contributed by atoms with van der Waals surface area (Å²) in [7, 11) is -3.93. The molecule has 0 spiro atoms. The molecular formula is C22H15N9O2S5. The number of nitrogens with zero attached hydrogens (tertiary/aromatic N) is 5. The molecule has 6 aromatic rings. The summed E-state index contributed by atoms with van der Waals surface area (Å²) >= 11 is 13.3. The molecule has 190 valence electrons. The van der Waals surface area contributed by atoms with Gasteiger partial charge in [0.05, 0.1) is 33.2 Å². The SMILES string of the molecule is Nc1c2c(Nc3n[nH]c(=S)s3)csc2nc(=S)n1-c1ccc(S(=O)(=O)Nc2cnc3ccccc3n2)cc1. The molecule has 0 amide bonds. The lowest BCUT2D eigenvalue weighted by Gasteiger charge is -2.13. The summed E-state index contributed by atoms with van der Waals surface area (Å²) in [5, 5.41) is 13.2. The maximum Gasteiger partial charge on any atom is 0.263 e. The first-order valence-corrected chi connectivity index (χ1v) is 14.8. The predicted octanol–water partition coefficient (Wildman–Crippen LogP) is 5.40. The van der Waals surface area contributed by atoms with Gasteiger partial charge >= 0.3 is 0 Å². The van der Waals surface area contributed by atoms with Crippen LogP contribution in [0, 0.1) is 8.73 Å². The Kier molecular flexibility index (Phi) is 6.11. The Labute approximate surface area is 233 Å². The van der Waals surface area contributed by atoms with Crippen LogP contribution in [0.2, 0.25) is 0 Å². The standard InChI is InChI=1S/C22H15N9O2S5/c23-18-17-15(26-20-28-29-22(35)37-20)10-36-19(17)27-21(34)31(18)11-5-7-12(8-6-11)38(32,33)30-16-9-24-13-3-1-2-4-14(13)25-16/h1-10H,23H2,(H,25,30)(H,26,28)(H,29,35). The van der Waals surface area contributed by atoms with Crippen LogP contribution in [0.15, 0.2) is 65.0 Å². The summed E-state index contributed by atoms with van der Waals surface area (Å²) in [4.78, 5) is 13.8. The number of thiophene rings is 1. The molecule has 4 aromatic heterocycles. The van der Waals surface area contributed by atoms with Crippen LogP contribution in [-0.4, -0.2) is 38.1 Å². The Morgan fingerprint density at radius 3 is 2.53 bits per heavy atom. The second kappa shape index (κ2) is 9.48. The third-order valence-electron chi connectivity index (χ3n) is 5.43. The molecule has 4 heterocycles. The Hall–Kier alpha value is -3.83. The molecule has 0 aliphatic heterocycles. The average molecular weight is 598 g/mol. The van der Waals surface area contributed by atoms with E-state index in [9.17, 15) is 8.42 Å². The molecule has 5 N–H and O–H groups in total. The van der Waals surface area contributed by atoms with Crippen LogP contribution < -0.4 is 15.8 Å². The van der Waals surface area contributed by atoms with Crippen molar-refractivity contribution < 1.29 is 8.42 Å². The number of aromatic amines is 1. The van der Waals surface area contributed by atoms with Gasteiger partial charge in [-0.2, -0.15) is 0 Å². The number of sulfonamides is 1. The van der Waals surface area contributed by atoms with Crippen molar-refractivity contribution in [1.82, 2.24) is 29.7 Å². The summed E-state index contributed by atoms with van der Waals surface area (Å²) in [6.45, 7) is 0. The molecule has 0 saturated heterocycles. The summed E-state index contributed by atoms with van der Waals surface area (Å²) in [5.74, 6) is 0.468. The maximum atomic E-state index is 13.0. The van der Waals surface area contributed by atoms with Crippen molar-refractivity contribution >= 4 is 101 Å². The predicted molar refractivity (Wildman–Crippen MR) is 155 cm³/mol. The highest BCUT2D eigenvalue weighted by molar-refractivity contribution is 7.92. The maximum absolute atomic E-state index is 13.0. The lowest BCUT2D eigenvalue weighted by atomic mass is 10.3. The smallest absolute Gasteiger partial charge is 0.263 e. The van der Waals surface area contributed by atoms with Crippen LogP contribution in [0.25, 0.3) is 26.9 Å². The first-order chi connectivity index (χ1) is 18.3. The van der Waals surface area contributed by atoms with E-state index in [-0.39, 0.29) is 15.5 Å². The van der Waals surface area contributed by atoms with E-state index in [2.05, 4.69) is 35.2 Å². The highest BCUT2D eigenvalue weighted by Gasteiger charge is 2.18. The van der Waals surface area contributed by atoms with Crippen LogP contribution in [0.3, 0.4) is 0 Å². The van der Waals surface area contributed by atoms with E-state index >= 15 is 0 Å². The summed E-state index contributed by atoms with van der Waals surface area (Å²) in [5.41, 5.74) is 9.06. The molecule has 11 nitrogen and oxygen atoms in total. The van der Waals surface area contributed by atoms with E-state index in [1.807, 2.05) is 11.4 Å². The number of nitrogen functional groups attached to an aromatic ring is 1. The number of nitrogens with two attached hydrogens (primary N) is 1. The molecule has 0 atom stereocenters. The molecule has 0 bridgehead atoms. The molecule has 0 fully saturated rings. The lowest BCUT2D eigenvalue weighted by Crippen LogP contribution is -2.14. The number of aromatic nitrogens is 6. The molecule has 2 aromatic carbocycles. The van der Waals surface area contributed by atoms with E-state index in [4.69, 9.17) is 30.2 Å². The van der Waals surface area contributed by atoms with Crippen LogP contribution in [0.1, 0.15) is 0 Å². The summed E-state index contributed by atoms with van der Waals surface area (Å²) < 4.78 is 30.9. The van der Waals surface area contributed by atoms with Crippen LogP contribution in [0.5, 0.6) is 0 Å². The monoisotopic (exact) mass is 597 g/mol. The van der Waals surface area contributed by atoms with Gasteiger partial charge in [-0.25, -0.2) is 18.4 Å². The normalized spacial score (nSPS) is 11.7. The number of rotatable bonds is 6. The molecule has 38 heavy (non-hydrogen) atoms. The molecule has 0 saturated carbocycles. The van der Waals surface area contributed by atoms with E-state index < -0.39 is 10.0 Å². The van der Waals surface area contributed by atoms with Crippen LogP contribution >= 0.6 is 47.1 Å². The zero-order valence-corrected chi connectivity index (χ0v) is 23.0. The summed E-state index contributed by atoms with van der Waals surface area (Å²) in [6.07, 6.45) is 1.38. The first kappa shape index (κ1) is 24.5. The summed E-state index contributed by atoms with van der Waals surface area (Å²) in [6, 6.07) is 13.3. The first-order valence-electron chi connectivity index (χ1n) is 10.8. The van der Waals surface area contributed by atoms with E-state index in [0.717, 1.165) is 0 Å². The van der Waals surface area contributed by atoms with Gasteiger partial charge in [-0.1, -0.05) is 23.5 Å². The second-order valence-corrected chi connectivity index (χ2v) is 12.4. The third kappa shape index (κ3) is 4.52. The fourth-order valence-corrected chi connectivity index (χ4v) is 6.76. The molecule has 16 heteroatoms. The molecule has 0 aliphatic rings. The molecule has 0 unspecified atom stereocenters. The Morgan fingerprint density at radius 1 is 1.03 bits per heavy atom. The van der Waals surface area contributed by atoms with Gasteiger partial charge in [-0.15, -0.1) is 16.4 Å². The minimum atomic E-state index is -3.93. The van der Waals surface area contributed by atoms with Crippen molar-refractivity contribution in [3.8, 4) is 5.69 Å². The van der Waals surface area contributed by atoms with E-state index in [1.54, 1.807) is 34.9 Å². The van der Waals surface area contributed by atoms with Gasteiger partial charge in [-0.3, -0.25) is 19.4 Å². The molecule has 6 rings (SSSR count). The van der Waals surface area contributed by atoms with Crippen molar-refractivity contribution in [2.75, 3.05) is 15.8 Å². The number of benzene rings is 2. The van der Waals surface area contributed by atoms with Crippen molar-refractivity contribution in [1.29, 1.82) is 0 Å². The minimum Gasteiger partial charge on any atom is -0.384 e. The largest absolute Gasteiger partial charge is 0.384 e. The molecule has 0 radical (unpaired) electrons. The van der Waals surface area contributed by atoms with E-state index in [0.29, 0.717) is 47.5 Å². The third-order valence-corrected chi connectivity index (χ3v) is 8.95. The number of hydrogen-bond acceptors (Lipinski definition) is 12. The molecule has 0 aliphatic carbocycles. The average Bonchev–Trinajstić information content (AvgIpc) is 3.49. The number of fused-ring (bicyclic) bond motifs is 2. The Morgan fingerprint density at radius 2 is 1.79 bits per heavy atom. The van der Waals surface area contributed by atoms with Crippen molar-refractivity contribution in [3.05, 3.63) is 68.8 Å². The van der Waals surface area contributed by atoms with Crippen molar-refractivity contribution in [3.63, 3.8) is 0 Å². The number of para-hydroxylation sites is 2. The van der Waals surface area contributed by atoms with Gasteiger partial charge in [0.15, 0.2) is 9.77 Å². The Bertz CT molecular complexity index is 2060. The number of hydrogen-bond donors (Lipinski definition) is 4. The molecular weight excluding hydrogens is 583 g/mol. The zero-order chi connectivity index (χ0) is 26.4. The van der Waals surface area contributed by atoms with Gasteiger partial charge in [-0.05, 0) is 60.8 Å². The fraction of sp³-hybridized carbons (Fsp3) is 0. The van der Waals surface area contributed by atoms with Gasteiger partial charge in [0, 0.05) is 11.1 Å². The van der Waals surface area contributed by atoms with Gasteiger partial charge < -0.3 is 11.1 Å².